The van der Waals surface area contributed by atoms with Gasteiger partial charge in [0.25, 0.3) is 0 Å². The largest absolute Gasteiger partial charge is 0.469 e. The summed E-state index contributed by atoms with van der Waals surface area (Å²) in [6.07, 6.45) is 1.49. The fourth-order valence-corrected chi connectivity index (χ4v) is 4.24. The van der Waals surface area contributed by atoms with Crippen molar-refractivity contribution in [1.82, 2.24) is 4.72 Å². The molecular formula is C16H13F2NO3S2. The quantitative estimate of drug-likeness (QED) is 0.720. The summed E-state index contributed by atoms with van der Waals surface area (Å²) < 4.78 is 59.7. The molecule has 0 aliphatic carbocycles. The summed E-state index contributed by atoms with van der Waals surface area (Å²) in [6, 6.07) is 8.18. The molecule has 1 unspecified atom stereocenters. The molecular weight excluding hydrogens is 356 g/mol. The normalized spacial score (nSPS) is 13.1. The topological polar surface area (TPSA) is 59.3 Å². The molecule has 0 amide bonds. The monoisotopic (exact) mass is 369 g/mol. The van der Waals surface area contributed by atoms with Crippen LogP contribution in [0.2, 0.25) is 0 Å². The third-order valence-corrected chi connectivity index (χ3v) is 5.67. The Hall–Kier alpha value is -2.03. The average Bonchev–Trinajstić information content (AvgIpc) is 3.20. The number of benzene rings is 1. The van der Waals surface area contributed by atoms with Crippen molar-refractivity contribution in [2.24, 2.45) is 0 Å². The van der Waals surface area contributed by atoms with Crippen molar-refractivity contribution >= 4 is 21.4 Å². The maximum absolute atomic E-state index is 13.7. The lowest BCUT2D eigenvalue weighted by Gasteiger charge is -2.15. The van der Waals surface area contributed by atoms with Crippen molar-refractivity contribution in [2.75, 3.05) is 6.54 Å². The number of hydrogen-bond acceptors (Lipinski definition) is 4. The van der Waals surface area contributed by atoms with Crippen molar-refractivity contribution in [3.8, 4) is 0 Å². The number of nitrogens with one attached hydrogen (secondary N) is 1. The van der Waals surface area contributed by atoms with E-state index >= 15 is 0 Å². The fourth-order valence-electron chi connectivity index (χ4n) is 2.35. The van der Waals surface area contributed by atoms with Gasteiger partial charge in [-0.2, -0.15) is 11.3 Å². The van der Waals surface area contributed by atoms with Gasteiger partial charge in [0.05, 0.1) is 12.2 Å². The highest BCUT2D eigenvalue weighted by Crippen LogP contribution is 2.27. The number of thiophene rings is 1. The highest BCUT2D eigenvalue weighted by atomic mass is 32.2. The molecule has 24 heavy (non-hydrogen) atoms. The second kappa shape index (κ2) is 6.84. The first kappa shape index (κ1) is 16.8. The number of hydrogen-bond donors (Lipinski definition) is 1. The van der Waals surface area contributed by atoms with Gasteiger partial charge in [-0.25, -0.2) is 21.9 Å². The molecule has 3 rings (SSSR count). The third kappa shape index (κ3) is 3.40. The molecule has 2 heterocycles. The first-order valence-electron chi connectivity index (χ1n) is 6.98. The maximum atomic E-state index is 13.7. The Morgan fingerprint density at radius 1 is 1.12 bits per heavy atom. The van der Waals surface area contributed by atoms with E-state index in [1.165, 1.54) is 17.6 Å². The summed E-state index contributed by atoms with van der Waals surface area (Å²) in [5.41, 5.74) is 0.853. The Balaban J connectivity index is 1.87. The van der Waals surface area contributed by atoms with Crippen LogP contribution in [0.15, 0.2) is 62.7 Å². The molecule has 2 aromatic heterocycles. The zero-order chi connectivity index (χ0) is 17.2. The highest BCUT2D eigenvalue weighted by molar-refractivity contribution is 7.89. The lowest BCUT2D eigenvalue weighted by atomic mass is 10.00. The zero-order valence-corrected chi connectivity index (χ0v) is 13.9. The Morgan fingerprint density at radius 2 is 1.88 bits per heavy atom. The first-order chi connectivity index (χ1) is 11.5. The van der Waals surface area contributed by atoms with Crippen LogP contribution in [0.25, 0.3) is 0 Å². The molecule has 0 saturated carbocycles. The Kier molecular flexibility index (Phi) is 4.79. The van der Waals surface area contributed by atoms with Gasteiger partial charge >= 0.3 is 0 Å². The van der Waals surface area contributed by atoms with E-state index in [4.69, 9.17) is 4.42 Å². The molecule has 1 N–H and O–H groups in total. The SMILES string of the molecule is O=S(=O)(NCC(c1ccsc1)c1ccco1)c1c(F)cccc1F. The van der Waals surface area contributed by atoms with Crippen molar-refractivity contribution in [2.45, 2.75) is 10.8 Å². The molecule has 126 valence electrons. The van der Waals surface area contributed by atoms with Crippen LogP contribution in [0, 0.1) is 11.6 Å². The van der Waals surface area contributed by atoms with Gasteiger partial charge in [0.2, 0.25) is 10.0 Å². The van der Waals surface area contributed by atoms with E-state index in [0.717, 1.165) is 23.8 Å². The van der Waals surface area contributed by atoms with Crippen LogP contribution in [-0.4, -0.2) is 15.0 Å². The van der Waals surface area contributed by atoms with Gasteiger partial charge in [-0.05, 0) is 46.7 Å². The van der Waals surface area contributed by atoms with Gasteiger partial charge in [0.1, 0.15) is 17.4 Å². The molecule has 0 aliphatic heterocycles. The van der Waals surface area contributed by atoms with E-state index in [9.17, 15) is 17.2 Å². The summed E-state index contributed by atoms with van der Waals surface area (Å²) in [5.74, 6) is -2.10. The molecule has 0 fully saturated rings. The molecule has 1 aromatic carbocycles. The van der Waals surface area contributed by atoms with Crippen LogP contribution in [0.5, 0.6) is 0 Å². The van der Waals surface area contributed by atoms with Gasteiger partial charge in [-0.15, -0.1) is 0 Å². The Morgan fingerprint density at radius 3 is 2.46 bits per heavy atom. The van der Waals surface area contributed by atoms with Crippen molar-refractivity contribution in [3.05, 3.63) is 76.4 Å². The Bertz CT molecular complexity index is 852. The van der Waals surface area contributed by atoms with Crippen LogP contribution in [-0.2, 0) is 10.0 Å². The van der Waals surface area contributed by atoms with Gasteiger partial charge in [0.15, 0.2) is 4.90 Å². The Labute approximate surface area is 141 Å². The summed E-state index contributed by atoms with van der Waals surface area (Å²) in [5, 5.41) is 3.72. The van der Waals surface area contributed by atoms with Crippen LogP contribution in [0.1, 0.15) is 17.2 Å². The molecule has 0 spiro atoms. The summed E-state index contributed by atoms with van der Waals surface area (Å²) in [6.45, 7) is -0.0830. The molecule has 0 radical (unpaired) electrons. The summed E-state index contributed by atoms with van der Waals surface area (Å²) >= 11 is 1.46. The van der Waals surface area contributed by atoms with Crippen molar-refractivity contribution < 1.29 is 21.6 Å². The van der Waals surface area contributed by atoms with E-state index in [-0.39, 0.29) is 6.54 Å². The number of sulfonamides is 1. The van der Waals surface area contributed by atoms with Crippen LogP contribution < -0.4 is 4.72 Å². The fraction of sp³-hybridized carbons (Fsp3) is 0.125. The van der Waals surface area contributed by atoms with Gasteiger partial charge < -0.3 is 4.42 Å². The predicted molar refractivity (Wildman–Crippen MR) is 86.4 cm³/mol. The number of halogens is 2. The average molecular weight is 369 g/mol. The van der Waals surface area contributed by atoms with Gasteiger partial charge in [-0.1, -0.05) is 6.07 Å². The summed E-state index contributed by atoms with van der Waals surface area (Å²) in [4.78, 5) is -0.978. The molecule has 4 nitrogen and oxygen atoms in total. The van der Waals surface area contributed by atoms with Crippen LogP contribution in [0.3, 0.4) is 0 Å². The van der Waals surface area contributed by atoms with E-state index in [1.54, 1.807) is 12.1 Å². The molecule has 8 heteroatoms. The minimum absolute atomic E-state index is 0.0830. The minimum atomic E-state index is -4.34. The molecule has 3 aromatic rings. The van der Waals surface area contributed by atoms with E-state index in [0.29, 0.717) is 5.76 Å². The predicted octanol–water partition coefficient (Wildman–Crippen LogP) is 3.73. The first-order valence-corrected chi connectivity index (χ1v) is 9.41. The molecule has 0 saturated heterocycles. The van der Waals surface area contributed by atoms with Crippen LogP contribution in [0.4, 0.5) is 8.78 Å². The highest BCUT2D eigenvalue weighted by Gasteiger charge is 2.26. The lowest BCUT2D eigenvalue weighted by molar-refractivity contribution is 0.479. The molecule has 0 bridgehead atoms. The smallest absolute Gasteiger partial charge is 0.246 e. The molecule has 0 aliphatic rings. The lowest BCUT2D eigenvalue weighted by Crippen LogP contribution is -2.30. The van der Waals surface area contributed by atoms with E-state index in [1.807, 2.05) is 16.8 Å². The second-order valence-corrected chi connectivity index (χ2v) is 7.51. The minimum Gasteiger partial charge on any atom is -0.469 e. The standard InChI is InChI=1S/C16H13F2NO3S2/c17-13-3-1-4-14(18)16(13)24(20,21)19-9-12(11-6-8-23-10-11)15-5-2-7-22-15/h1-8,10,12,19H,9H2. The van der Waals surface area contributed by atoms with Crippen molar-refractivity contribution in [1.29, 1.82) is 0 Å². The van der Waals surface area contributed by atoms with Gasteiger partial charge in [0, 0.05) is 6.54 Å². The number of furan rings is 1. The maximum Gasteiger partial charge on any atom is 0.246 e. The van der Waals surface area contributed by atoms with Gasteiger partial charge in [-0.3, -0.25) is 0 Å². The van der Waals surface area contributed by atoms with Crippen LogP contribution >= 0.6 is 11.3 Å². The van der Waals surface area contributed by atoms with E-state index in [2.05, 4.69) is 4.72 Å². The second-order valence-electron chi connectivity index (χ2n) is 5.03. The summed E-state index contributed by atoms with van der Waals surface area (Å²) in [7, 11) is -4.34. The number of rotatable bonds is 6. The zero-order valence-electron chi connectivity index (χ0n) is 12.3. The van der Waals surface area contributed by atoms with E-state index < -0.39 is 32.5 Å². The van der Waals surface area contributed by atoms with Crippen molar-refractivity contribution in [3.63, 3.8) is 0 Å². The third-order valence-electron chi connectivity index (χ3n) is 3.50. The molecule has 1 atom stereocenters.